The van der Waals surface area contributed by atoms with E-state index in [1.807, 2.05) is 36.4 Å². The first-order valence-electron chi connectivity index (χ1n) is 8.68. The largest absolute Gasteiger partial charge is 0.557 e. The molecule has 3 nitrogen and oxygen atoms in total. The van der Waals surface area contributed by atoms with E-state index in [0.717, 1.165) is 10.9 Å². The lowest BCUT2D eigenvalue weighted by Gasteiger charge is -2.37. The molecular formula is C20H30BNO2. The first-order valence-corrected chi connectivity index (χ1v) is 8.68. The number of rotatable bonds is 2. The number of hydrogen-bond donors (Lipinski definition) is 1. The van der Waals surface area contributed by atoms with Crippen LogP contribution in [-0.4, -0.2) is 24.3 Å². The molecule has 1 aliphatic rings. The summed E-state index contributed by atoms with van der Waals surface area (Å²) in [5.74, 6) is 0. The second-order valence-electron chi connectivity index (χ2n) is 7.78. The fourth-order valence-electron chi connectivity index (χ4n) is 2.78. The van der Waals surface area contributed by atoms with Gasteiger partial charge in [0.25, 0.3) is 6.55 Å². The maximum atomic E-state index is 6.27. The van der Waals surface area contributed by atoms with Gasteiger partial charge < -0.3 is 15.0 Å². The van der Waals surface area contributed by atoms with Crippen molar-refractivity contribution in [1.82, 2.24) is 0 Å². The van der Waals surface area contributed by atoms with Crippen LogP contribution < -0.4 is 16.7 Å². The van der Waals surface area contributed by atoms with Gasteiger partial charge in [-0.25, -0.2) is 0 Å². The molecule has 24 heavy (non-hydrogen) atoms. The third-order valence-electron chi connectivity index (χ3n) is 3.95. The van der Waals surface area contributed by atoms with Gasteiger partial charge in [-0.3, -0.25) is 0 Å². The van der Waals surface area contributed by atoms with Crippen LogP contribution in [0.15, 0.2) is 60.7 Å². The summed E-state index contributed by atoms with van der Waals surface area (Å²) in [4.78, 5) is 0. The van der Waals surface area contributed by atoms with Gasteiger partial charge in [-0.15, -0.1) is 10.9 Å². The average molecular weight is 327 g/mol. The van der Waals surface area contributed by atoms with Gasteiger partial charge in [0.2, 0.25) is 0 Å². The summed E-state index contributed by atoms with van der Waals surface area (Å²) in [6.07, 6.45) is 0.195. The highest BCUT2D eigenvalue weighted by Crippen LogP contribution is 2.24. The summed E-state index contributed by atoms with van der Waals surface area (Å²) >= 11 is 0. The molecule has 1 aliphatic heterocycles. The van der Waals surface area contributed by atoms with Crippen molar-refractivity contribution in [1.29, 1.82) is 0 Å². The van der Waals surface area contributed by atoms with E-state index in [4.69, 9.17) is 9.31 Å². The topological polar surface area (TPSA) is 46.1 Å². The second-order valence-corrected chi connectivity index (χ2v) is 7.78. The van der Waals surface area contributed by atoms with Crippen molar-refractivity contribution in [2.75, 3.05) is 0 Å². The molecule has 130 valence electrons. The molecule has 0 amide bonds. The molecule has 0 aromatic heterocycles. The van der Waals surface area contributed by atoms with Crippen LogP contribution in [0.3, 0.4) is 0 Å². The monoisotopic (exact) mass is 327 g/mol. The number of benzene rings is 2. The highest BCUT2D eigenvalue weighted by atomic mass is 16.7. The summed E-state index contributed by atoms with van der Waals surface area (Å²) in [7, 11) is 0. The zero-order valence-electron chi connectivity index (χ0n) is 15.5. The van der Waals surface area contributed by atoms with Crippen LogP contribution in [0.2, 0.25) is 0 Å². The Hall–Kier alpha value is -1.62. The third kappa shape index (κ3) is 4.70. The minimum atomic E-state index is -1.56. The number of quaternary nitrogens is 1. The number of hydrogen-bond acceptors (Lipinski definition) is 2. The lowest BCUT2D eigenvalue weighted by molar-refractivity contribution is -0.458. The molecule has 1 fully saturated rings. The molecule has 2 aromatic carbocycles. The van der Waals surface area contributed by atoms with Crippen molar-refractivity contribution in [3.8, 4) is 0 Å². The molecule has 0 bridgehead atoms. The summed E-state index contributed by atoms with van der Waals surface area (Å²) in [5, 5.41) is 0. The van der Waals surface area contributed by atoms with Gasteiger partial charge in [0.1, 0.15) is 0 Å². The van der Waals surface area contributed by atoms with E-state index in [-0.39, 0.29) is 17.7 Å². The summed E-state index contributed by atoms with van der Waals surface area (Å²) < 4.78 is 12.5. The molecule has 3 N–H and O–H groups in total. The van der Waals surface area contributed by atoms with Gasteiger partial charge in [0.05, 0.1) is 5.54 Å². The van der Waals surface area contributed by atoms with Crippen LogP contribution in [0.5, 0.6) is 0 Å². The van der Waals surface area contributed by atoms with Gasteiger partial charge in [0, 0.05) is 12.2 Å². The molecule has 0 spiro atoms. The standard InChI is InChI=1S/C16H18BO2.C4H11N/c1-13-14(2)19-17(18-13,15-9-5-3-6-10-15)16-11-7-4-8-12-16;1-4(2,3)5/h3-14H,1-2H3;5H2,1-3H3/q-1;/p+1. The minimum absolute atomic E-state index is 0.0976. The maximum absolute atomic E-state index is 6.27. The van der Waals surface area contributed by atoms with Crippen molar-refractivity contribution in [2.24, 2.45) is 0 Å². The summed E-state index contributed by atoms with van der Waals surface area (Å²) in [6, 6.07) is 20.5. The van der Waals surface area contributed by atoms with Crippen LogP contribution in [0.1, 0.15) is 34.6 Å². The lowest BCUT2D eigenvalue weighted by atomic mass is 9.46. The van der Waals surface area contributed by atoms with Crippen molar-refractivity contribution < 1.29 is 15.0 Å². The minimum Gasteiger partial charge on any atom is -0.557 e. The van der Waals surface area contributed by atoms with Crippen molar-refractivity contribution in [3.05, 3.63) is 60.7 Å². The third-order valence-corrected chi connectivity index (χ3v) is 3.95. The molecule has 0 saturated carbocycles. The Morgan fingerprint density at radius 1 is 0.750 bits per heavy atom. The van der Waals surface area contributed by atoms with Gasteiger partial charge in [-0.2, -0.15) is 0 Å². The predicted molar refractivity (Wildman–Crippen MR) is 102 cm³/mol. The molecule has 2 aromatic rings. The Labute approximate surface area is 146 Å². The highest BCUT2D eigenvalue weighted by molar-refractivity contribution is 6.93. The van der Waals surface area contributed by atoms with E-state index in [9.17, 15) is 0 Å². The lowest BCUT2D eigenvalue weighted by Crippen LogP contribution is -2.67. The van der Waals surface area contributed by atoms with Crippen molar-refractivity contribution in [2.45, 2.75) is 52.4 Å². The zero-order valence-corrected chi connectivity index (χ0v) is 15.5. The average Bonchev–Trinajstić information content (AvgIpc) is 2.84. The molecule has 0 aliphatic carbocycles. The van der Waals surface area contributed by atoms with Gasteiger partial charge >= 0.3 is 0 Å². The first-order chi connectivity index (χ1) is 11.2. The van der Waals surface area contributed by atoms with Crippen LogP contribution in [0, 0.1) is 0 Å². The molecular weight excluding hydrogens is 297 g/mol. The zero-order chi connectivity index (χ0) is 17.8. The van der Waals surface area contributed by atoms with E-state index in [0.29, 0.717) is 0 Å². The van der Waals surface area contributed by atoms with Crippen LogP contribution in [-0.2, 0) is 9.31 Å². The smallest absolute Gasteiger partial charge is 0.299 e. The van der Waals surface area contributed by atoms with Crippen LogP contribution in [0.4, 0.5) is 0 Å². The van der Waals surface area contributed by atoms with Gasteiger partial charge in [0.15, 0.2) is 0 Å². The van der Waals surface area contributed by atoms with Crippen molar-refractivity contribution in [3.63, 3.8) is 0 Å². The normalized spacial score (nSPS) is 22.6. The molecule has 2 unspecified atom stereocenters. The maximum Gasteiger partial charge on any atom is 0.299 e. The molecule has 4 heteroatoms. The Balaban J connectivity index is 0.000000368. The van der Waals surface area contributed by atoms with E-state index in [2.05, 4.69) is 64.6 Å². The fourth-order valence-corrected chi connectivity index (χ4v) is 2.78. The van der Waals surface area contributed by atoms with E-state index in [1.165, 1.54) is 0 Å². The molecule has 1 saturated heterocycles. The predicted octanol–water partition coefficient (Wildman–Crippen LogP) is 2.09. The SMILES string of the molecule is CC(C)(C)[NH3+].CC1O[B-](c2ccccc2)(c2ccccc2)OC1C. The second kappa shape index (κ2) is 7.52. The fraction of sp³-hybridized carbons (Fsp3) is 0.400. The molecule has 1 heterocycles. The molecule has 0 radical (unpaired) electrons. The van der Waals surface area contributed by atoms with Crippen LogP contribution >= 0.6 is 0 Å². The molecule has 2 atom stereocenters. The first kappa shape index (κ1) is 18.7. The summed E-state index contributed by atoms with van der Waals surface area (Å²) in [6.45, 7) is 8.81. The Kier molecular flexibility index (Phi) is 5.86. The van der Waals surface area contributed by atoms with E-state index in [1.54, 1.807) is 0 Å². The Morgan fingerprint density at radius 2 is 1.04 bits per heavy atom. The molecule has 3 rings (SSSR count). The van der Waals surface area contributed by atoms with E-state index >= 15 is 0 Å². The Morgan fingerprint density at radius 3 is 1.33 bits per heavy atom. The quantitative estimate of drug-likeness (QED) is 0.859. The van der Waals surface area contributed by atoms with Gasteiger partial charge in [-0.1, -0.05) is 60.7 Å². The van der Waals surface area contributed by atoms with Gasteiger partial charge in [-0.05, 0) is 34.6 Å². The van der Waals surface area contributed by atoms with Crippen LogP contribution in [0.25, 0.3) is 0 Å². The van der Waals surface area contributed by atoms with Crippen molar-refractivity contribution >= 4 is 17.5 Å². The Bertz CT molecular complexity index is 568. The summed E-state index contributed by atoms with van der Waals surface area (Å²) in [5.41, 5.74) is 6.22. The van der Waals surface area contributed by atoms with E-state index < -0.39 is 6.55 Å². The highest BCUT2D eigenvalue weighted by Gasteiger charge is 2.40.